The highest BCUT2D eigenvalue weighted by molar-refractivity contribution is 5.28. The van der Waals surface area contributed by atoms with Crippen molar-refractivity contribution in [2.24, 2.45) is 0 Å². The molecule has 0 aliphatic heterocycles. The Morgan fingerprint density at radius 3 is 2.48 bits per heavy atom. The Labute approximate surface area is 131 Å². The van der Waals surface area contributed by atoms with Crippen LogP contribution in [0.1, 0.15) is 70.8 Å². The van der Waals surface area contributed by atoms with E-state index >= 15 is 0 Å². The normalized spacial score (nSPS) is 10.8. The topological polar surface area (TPSA) is 21.3 Å². The lowest BCUT2D eigenvalue weighted by Gasteiger charge is -2.09. The Kier molecular flexibility index (Phi) is 10.9. The summed E-state index contributed by atoms with van der Waals surface area (Å²) in [5.41, 5.74) is 1.32. The van der Waals surface area contributed by atoms with E-state index in [2.05, 4.69) is 43.4 Å². The molecule has 1 aromatic carbocycles. The van der Waals surface area contributed by atoms with E-state index in [1.165, 1.54) is 50.5 Å². The second-order valence-electron chi connectivity index (χ2n) is 5.79. The Bertz CT molecular complexity index is 351. The molecule has 0 heterocycles. The first-order chi connectivity index (χ1) is 10.4. The van der Waals surface area contributed by atoms with E-state index in [1.807, 2.05) is 0 Å². The van der Waals surface area contributed by atoms with Gasteiger partial charge in [0.2, 0.25) is 0 Å². The first-order valence-electron chi connectivity index (χ1n) is 8.79. The number of rotatable bonds is 13. The van der Waals surface area contributed by atoms with Crippen molar-refractivity contribution in [2.45, 2.75) is 71.8 Å². The molecule has 0 aliphatic carbocycles. The first kappa shape index (κ1) is 18.0. The highest BCUT2D eigenvalue weighted by Crippen LogP contribution is 2.14. The minimum absolute atomic E-state index is 0.835. The summed E-state index contributed by atoms with van der Waals surface area (Å²) in [7, 11) is 0. The second kappa shape index (κ2) is 12.7. The zero-order valence-corrected chi connectivity index (χ0v) is 14.0. The molecule has 0 saturated carbocycles. The fourth-order valence-electron chi connectivity index (χ4n) is 2.37. The molecule has 21 heavy (non-hydrogen) atoms. The second-order valence-corrected chi connectivity index (χ2v) is 5.79. The maximum absolute atomic E-state index is 5.79. The largest absolute Gasteiger partial charge is 0.494 e. The quantitative estimate of drug-likeness (QED) is 0.497. The van der Waals surface area contributed by atoms with Crippen LogP contribution in [-0.2, 0) is 6.54 Å². The third-order valence-electron chi connectivity index (χ3n) is 3.70. The molecule has 0 aliphatic rings. The molecule has 2 nitrogen and oxygen atoms in total. The van der Waals surface area contributed by atoms with E-state index in [1.54, 1.807) is 0 Å². The van der Waals surface area contributed by atoms with Gasteiger partial charge in [-0.2, -0.15) is 0 Å². The maximum atomic E-state index is 5.79. The smallest absolute Gasteiger partial charge is 0.119 e. The highest BCUT2D eigenvalue weighted by atomic mass is 16.5. The summed E-state index contributed by atoms with van der Waals surface area (Å²) < 4.78 is 5.79. The van der Waals surface area contributed by atoms with Gasteiger partial charge in [0.25, 0.3) is 0 Å². The summed E-state index contributed by atoms with van der Waals surface area (Å²) in [6.45, 7) is 7.37. The van der Waals surface area contributed by atoms with E-state index in [4.69, 9.17) is 4.74 Å². The van der Waals surface area contributed by atoms with Crippen LogP contribution in [-0.4, -0.2) is 13.2 Å². The third-order valence-corrected chi connectivity index (χ3v) is 3.70. The van der Waals surface area contributed by atoms with E-state index in [9.17, 15) is 0 Å². The standard InChI is InChI=1S/C19H33NO/c1-3-5-7-8-9-14-20-17-18-12-11-13-19(16-18)21-15-10-6-4-2/h11-13,16,20H,3-10,14-15,17H2,1-2H3. The summed E-state index contributed by atoms with van der Waals surface area (Å²) >= 11 is 0. The van der Waals surface area contributed by atoms with Gasteiger partial charge < -0.3 is 10.1 Å². The lowest BCUT2D eigenvalue weighted by Crippen LogP contribution is -2.14. The van der Waals surface area contributed by atoms with E-state index in [0.717, 1.165) is 31.9 Å². The van der Waals surface area contributed by atoms with Gasteiger partial charge in [0.05, 0.1) is 6.61 Å². The fourth-order valence-corrected chi connectivity index (χ4v) is 2.37. The van der Waals surface area contributed by atoms with Crippen LogP contribution in [0.5, 0.6) is 5.75 Å². The number of hydrogen-bond donors (Lipinski definition) is 1. The zero-order chi connectivity index (χ0) is 15.2. The molecular weight excluding hydrogens is 258 g/mol. The van der Waals surface area contributed by atoms with Gasteiger partial charge in [-0.25, -0.2) is 0 Å². The van der Waals surface area contributed by atoms with Crippen molar-refractivity contribution in [3.05, 3.63) is 29.8 Å². The van der Waals surface area contributed by atoms with Gasteiger partial charge in [-0.05, 0) is 37.1 Å². The Morgan fingerprint density at radius 1 is 0.905 bits per heavy atom. The molecule has 0 bridgehead atoms. The summed E-state index contributed by atoms with van der Waals surface area (Å²) in [6.07, 6.45) is 10.3. The van der Waals surface area contributed by atoms with Gasteiger partial charge in [-0.1, -0.05) is 64.5 Å². The van der Waals surface area contributed by atoms with Gasteiger partial charge in [0.1, 0.15) is 5.75 Å². The van der Waals surface area contributed by atoms with Gasteiger partial charge in [0.15, 0.2) is 0 Å². The van der Waals surface area contributed by atoms with Gasteiger partial charge in [-0.15, -0.1) is 0 Å². The summed E-state index contributed by atoms with van der Waals surface area (Å²) in [5, 5.41) is 3.53. The molecule has 120 valence electrons. The molecule has 1 rings (SSSR count). The molecule has 0 spiro atoms. The van der Waals surface area contributed by atoms with Crippen molar-refractivity contribution in [3.63, 3.8) is 0 Å². The molecule has 0 fully saturated rings. The lowest BCUT2D eigenvalue weighted by atomic mass is 10.1. The number of benzene rings is 1. The fraction of sp³-hybridized carbons (Fsp3) is 0.684. The van der Waals surface area contributed by atoms with Crippen molar-refractivity contribution >= 4 is 0 Å². The number of nitrogens with one attached hydrogen (secondary N) is 1. The van der Waals surface area contributed by atoms with Crippen LogP contribution in [0, 0.1) is 0 Å². The van der Waals surface area contributed by atoms with Crippen LogP contribution < -0.4 is 10.1 Å². The third kappa shape index (κ3) is 9.52. The lowest BCUT2D eigenvalue weighted by molar-refractivity contribution is 0.306. The van der Waals surface area contributed by atoms with Crippen LogP contribution in [0.3, 0.4) is 0 Å². The average Bonchev–Trinajstić information content (AvgIpc) is 2.51. The zero-order valence-electron chi connectivity index (χ0n) is 14.0. The van der Waals surface area contributed by atoms with Crippen LogP contribution >= 0.6 is 0 Å². The Morgan fingerprint density at radius 2 is 1.67 bits per heavy atom. The van der Waals surface area contributed by atoms with E-state index in [0.29, 0.717) is 0 Å². The molecule has 0 unspecified atom stereocenters. The Hall–Kier alpha value is -1.02. The average molecular weight is 291 g/mol. The summed E-state index contributed by atoms with van der Waals surface area (Å²) in [5.74, 6) is 1.01. The van der Waals surface area contributed by atoms with Gasteiger partial charge in [0, 0.05) is 6.54 Å². The van der Waals surface area contributed by atoms with Gasteiger partial charge in [-0.3, -0.25) is 0 Å². The molecule has 0 saturated heterocycles. The minimum Gasteiger partial charge on any atom is -0.494 e. The molecule has 0 atom stereocenters. The minimum atomic E-state index is 0.835. The van der Waals surface area contributed by atoms with E-state index in [-0.39, 0.29) is 0 Å². The predicted molar refractivity (Wildman–Crippen MR) is 91.9 cm³/mol. The SMILES string of the molecule is CCCCCCCNCc1cccc(OCCCCC)c1. The number of hydrogen-bond acceptors (Lipinski definition) is 2. The molecule has 0 aromatic heterocycles. The first-order valence-corrected chi connectivity index (χ1v) is 8.79. The number of unbranched alkanes of at least 4 members (excludes halogenated alkanes) is 6. The van der Waals surface area contributed by atoms with Crippen molar-refractivity contribution < 1.29 is 4.74 Å². The molecule has 1 aromatic rings. The van der Waals surface area contributed by atoms with Crippen LogP contribution in [0.25, 0.3) is 0 Å². The predicted octanol–water partition coefficient (Wildman–Crippen LogP) is 5.32. The maximum Gasteiger partial charge on any atom is 0.119 e. The molecule has 0 radical (unpaired) electrons. The van der Waals surface area contributed by atoms with Crippen molar-refractivity contribution in [1.82, 2.24) is 5.32 Å². The molecule has 1 N–H and O–H groups in total. The summed E-state index contributed by atoms with van der Waals surface area (Å²) in [4.78, 5) is 0. The van der Waals surface area contributed by atoms with E-state index < -0.39 is 0 Å². The summed E-state index contributed by atoms with van der Waals surface area (Å²) in [6, 6.07) is 8.48. The Balaban J connectivity index is 2.14. The monoisotopic (exact) mass is 291 g/mol. The van der Waals surface area contributed by atoms with Crippen molar-refractivity contribution in [2.75, 3.05) is 13.2 Å². The van der Waals surface area contributed by atoms with Crippen LogP contribution in [0.2, 0.25) is 0 Å². The van der Waals surface area contributed by atoms with Crippen LogP contribution in [0.15, 0.2) is 24.3 Å². The van der Waals surface area contributed by atoms with Crippen molar-refractivity contribution in [3.8, 4) is 5.75 Å². The van der Waals surface area contributed by atoms with Gasteiger partial charge >= 0.3 is 0 Å². The number of ether oxygens (including phenoxy) is 1. The highest BCUT2D eigenvalue weighted by Gasteiger charge is 1.97. The molecular formula is C19H33NO. The molecule has 2 heteroatoms. The van der Waals surface area contributed by atoms with Crippen molar-refractivity contribution in [1.29, 1.82) is 0 Å². The van der Waals surface area contributed by atoms with Crippen LogP contribution in [0.4, 0.5) is 0 Å². The molecule has 0 amide bonds.